The minimum atomic E-state index is -0.573. The minimum absolute atomic E-state index is 0.0498. The average Bonchev–Trinajstić information content (AvgIpc) is 2.98. The summed E-state index contributed by atoms with van der Waals surface area (Å²) in [6, 6.07) is 13.3. The number of Topliss-reactive ketones (excluding diaryl/α,β-unsaturated/α-hetero) is 1. The molecule has 9 heteroatoms. The van der Waals surface area contributed by atoms with E-state index in [9.17, 15) is 20.2 Å². The Morgan fingerprint density at radius 1 is 1.14 bits per heavy atom. The molecule has 0 spiro atoms. The van der Waals surface area contributed by atoms with Crippen LogP contribution in [-0.2, 0) is 4.79 Å². The molecule has 0 atom stereocenters. The summed E-state index contributed by atoms with van der Waals surface area (Å²) in [5.41, 5.74) is 1.46. The van der Waals surface area contributed by atoms with Crippen LogP contribution in [0.2, 0.25) is 0 Å². The highest BCUT2D eigenvalue weighted by molar-refractivity contribution is 6.03. The maximum absolute atomic E-state index is 12.8. The third-order valence-electron chi connectivity index (χ3n) is 4.57. The lowest BCUT2D eigenvalue weighted by atomic mass is 10.2. The van der Waals surface area contributed by atoms with E-state index in [4.69, 9.17) is 9.47 Å². The molecule has 148 valence electrons. The van der Waals surface area contributed by atoms with Gasteiger partial charge in [-0.2, -0.15) is 5.26 Å². The van der Waals surface area contributed by atoms with Crippen LogP contribution in [0.5, 0.6) is 11.5 Å². The number of nitro groups is 1. The molecule has 3 rings (SSSR count). The van der Waals surface area contributed by atoms with Crippen molar-refractivity contribution in [1.82, 2.24) is 0 Å². The second kappa shape index (κ2) is 7.90. The van der Waals surface area contributed by atoms with E-state index in [0.717, 1.165) is 11.4 Å². The van der Waals surface area contributed by atoms with Crippen molar-refractivity contribution in [3.8, 4) is 17.6 Å². The van der Waals surface area contributed by atoms with Crippen molar-refractivity contribution in [3.63, 3.8) is 0 Å². The van der Waals surface area contributed by atoms with Crippen LogP contribution in [0.15, 0.2) is 53.9 Å². The topological polar surface area (TPSA) is 109 Å². The van der Waals surface area contributed by atoms with Gasteiger partial charge in [0, 0.05) is 20.2 Å². The normalized spacial score (nSPS) is 12.3. The smallest absolute Gasteiger partial charge is 0.273 e. The number of hydrogen-bond acceptors (Lipinski definition) is 8. The number of ether oxygens (including phenoxy) is 2. The molecule has 2 aromatic carbocycles. The zero-order valence-electron chi connectivity index (χ0n) is 16.1. The fraction of sp³-hybridized carbons (Fsp3) is 0.200. The Balaban J connectivity index is 1.88. The van der Waals surface area contributed by atoms with Gasteiger partial charge >= 0.3 is 0 Å². The van der Waals surface area contributed by atoms with Crippen LogP contribution < -0.4 is 19.3 Å². The third-order valence-corrected chi connectivity index (χ3v) is 4.57. The van der Waals surface area contributed by atoms with Crippen LogP contribution in [-0.4, -0.2) is 38.5 Å². The van der Waals surface area contributed by atoms with Gasteiger partial charge in [-0.15, -0.1) is 0 Å². The highest BCUT2D eigenvalue weighted by Crippen LogP contribution is 2.40. The van der Waals surface area contributed by atoms with Gasteiger partial charge in [0.25, 0.3) is 5.69 Å². The van der Waals surface area contributed by atoms with E-state index in [1.807, 2.05) is 30.3 Å². The molecule has 0 aromatic heterocycles. The molecule has 0 bridgehead atoms. The molecule has 0 saturated heterocycles. The first-order valence-electron chi connectivity index (χ1n) is 8.58. The van der Waals surface area contributed by atoms with Gasteiger partial charge in [0.15, 0.2) is 18.1 Å². The third kappa shape index (κ3) is 3.55. The second-order valence-corrected chi connectivity index (χ2v) is 6.22. The predicted molar refractivity (Wildman–Crippen MR) is 106 cm³/mol. The molecule has 1 aliphatic rings. The highest BCUT2D eigenvalue weighted by atomic mass is 16.6. The van der Waals surface area contributed by atoms with Crippen LogP contribution in [0.25, 0.3) is 0 Å². The number of para-hydroxylation sites is 2. The minimum Gasteiger partial charge on any atom is -0.493 e. The van der Waals surface area contributed by atoms with Crippen LogP contribution in [0.4, 0.5) is 17.1 Å². The van der Waals surface area contributed by atoms with Crippen LogP contribution in [0.1, 0.15) is 0 Å². The molecule has 9 nitrogen and oxygen atoms in total. The lowest BCUT2D eigenvalue weighted by molar-refractivity contribution is -0.385. The van der Waals surface area contributed by atoms with Crippen molar-refractivity contribution in [1.29, 1.82) is 5.26 Å². The standard InChI is InChI=1S/C20H18N4O5/c1-22-15-6-4-5-7-16(15)23(2)20(22)14(11-21)17(25)12-29-19-10-13(24(26)27)8-9-18(19)28-3/h4-10H,12H2,1-3H3. The van der Waals surface area contributed by atoms with E-state index in [-0.39, 0.29) is 22.8 Å². The Kier molecular flexibility index (Phi) is 5.36. The number of ketones is 1. The van der Waals surface area contributed by atoms with Gasteiger partial charge in [0.2, 0.25) is 5.78 Å². The molecule has 0 radical (unpaired) electrons. The average molecular weight is 394 g/mol. The van der Waals surface area contributed by atoms with Crippen molar-refractivity contribution in [2.24, 2.45) is 0 Å². The summed E-state index contributed by atoms with van der Waals surface area (Å²) in [4.78, 5) is 26.7. The molecule has 0 aliphatic carbocycles. The summed E-state index contributed by atoms with van der Waals surface area (Å²) in [5, 5.41) is 20.6. The number of nitriles is 1. The second-order valence-electron chi connectivity index (χ2n) is 6.22. The lowest BCUT2D eigenvalue weighted by Crippen LogP contribution is -2.27. The SMILES string of the molecule is COc1ccc([N+](=O)[O-])cc1OCC(=O)C(C#N)=C1N(C)c2ccccc2N1C. The number of anilines is 2. The Labute approximate surface area is 167 Å². The molecule has 1 heterocycles. The Morgan fingerprint density at radius 3 is 2.28 bits per heavy atom. The van der Waals surface area contributed by atoms with Gasteiger partial charge < -0.3 is 19.3 Å². The fourth-order valence-electron chi connectivity index (χ4n) is 3.16. The van der Waals surface area contributed by atoms with Gasteiger partial charge in [-0.05, 0) is 18.2 Å². The van der Waals surface area contributed by atoms with E-state index in [0.29, 0.717) is 5.82 Å². The molecular weight excluding hydrogens is 376 g/mol. The number of rotatable bonds is 6. The number of methoxy groups -OCH3 is 1. The molecule has 2 aromatic rings. The monoisotopic (exact) mass is 394 g/mol. The van der Waals surface area contributed by atoms with Crippen LogP contribution in [0.3, 0.4) is 0 Å². The lowest BCUT2D eigenvalue weighted by Gasteiger charge is -2.20. The molecule has 1 aliphatic heterocycles. The van der Waals surface area contributed by atoms with Crippen molar-refractivity contribution in [2.45, 2.75) is 0 Å². The largest absolute Gasteiger partial charge is 0.493 e. The number of fused-ring (bicyclic) bond motifs is 1. The number of hydrogen-bond donors (Lipinski definition) is 0. The molecule has 0 amide bonds. The van der Waals surface area contributed by atoms with Crippen LogP contribution in [0, 0.1) is 21.4 Å². The van der Waals surface area contributed by atoms with Gasteiger partial charge in [0.05, 0.1) is 29.5 Å². The summed E-state index contributed by atoms with van der Waals surface area (Å²) in [7, 11) is 4.93. The van der Waals surface area contributed by atoms with Gasteiger partial charge in [-0.1, -0.05) is 12.1 Å². The number of carbonyl (C=O) groups is 1. The summed E-state index contributed by atoms with van der Waals surface area (Å²) >= 11 is 0. The Hall–Kier alpha value is -4.06. The first-order chi connectivity index (χ1) is 13.9. The quantitative estimate of drug-likeness (QED) is 0.318. The Morgan fingerprint density at radius 2 is 1.76 bits per heavy atom. The molecule has 29 heavy (non-hydrogen) atoms. The number of non-ortho nitro benzene ring substituents is 1. The zero-order valence-corrected chi connectivity index (χ0v) is 16.1. The van der Waals surface area contributed by atoms with Crippen molar-refractivity contribution >= 4 is 22.8 Å². The number of nitro benzene ring substituents is 1. The molecule has 0 N–H and O–H groups in total. The fourth-order valence-corrected chi connectivity index (χ4v) is 3.16. The Bertz CT molecular complexity index is 1030. The van der Waals surface area contributed by atoms with Gasteiger partial charge in [-0.25, -0.2) is 0 Å². The first-order valence-corrected chi connectivity index (χ1v) is 8.58. The number of carbonyl (C=O) groups excluding carboxylic acids is 1. The molecule has 0 unspecified atom stereocenters. The van der Waals surface area contributed by atoms with Crippen molar-refractivity contribution < 1.29 is 19.2 Å². The maximum Gasteiger partial charge on any atom is 0.273 e. The van der Waals surface area contributed by atoms with Gasteiger partial charge in [0.1, 0.15) is 17.5 Å². The molecule has 0 saturated carbocycles. The van der Waals surface area contributed by atoms with E-state index in [1.165, 1.54) is 25.3 Å². The van der Waals surface area contributed by atoms with E-state index >= 15 is 0 Å². The predicted octanol–water partition coefficient (Wildman–Crippen LogP) is 2.87. The highest BCUT2D eigenvalue weighted by Gasteiger charge is 2.31. The van der Waals surface area contributed by atoms with Crippen LogP contribution >= 0.6 is 0 Å². The summed E-state index contributed by atoms with van der Waals surface area (Å²) in [6.07, 6.45) is 0. The van der Waals surface area contributed by atoms with Crippen molar-refractivity contribution in [2.75, 3.05) is 37.6 Å². The zero-order chi connectivity index (χ0) is 21.1. The maximum atomic E-state index is 12.8. The van der Waals surface area contributed by atoms with E-state index in [2.05, 4.69) is 0 Å². The number of benzene rings is 2. The summed E-state index contributed by atoms with van der Waals surface area (Å²) in [6.45, 7) is -0.470. The molecule has 0 fully saturated rings. The van der Waals surface area contributed by atoms with E-state index in [1.54, 1.807) is 23.9 Å². The van der Waals surface area contributed by atoms with Crippen molar-refractivity contribution in [3.05, 3.63) is 64.0 Å². The van der Waals surface area contributed by atoms with E-state index < -0.39 is 17.3 Å². The van der Waals surface area contributed by atoms with Gasteiger partial charge in [-0.3, -0.25) is 14.9 Å². The number of nitrogens with zero attached hydrogens (tertiary/aromatic N) is 4. The molecular formula is C20H18N4O5. The summed E-state index contributed by atoms with van der Waals surface area (Å²) < 4.78 is 10.6. The summed E-state index contributed by atoms with van der Waals surface area (Å²) in [5.74, 6) is 0.182. The first kappa shape index (κ1) is 19.7.